The third kappa shape index (κ3) is 2.96. The van der Waals surface area contributed by atoms with Gasteiger partial charge in [-0.1, -0.05) is 12.8 Å². The van der Waals surface area contributed by atoms with Gasteiger partial charge < -0.3 is 4.90 Å². The summed E-state index contributed by atoms with van der Waals surface area (Å²) in [7, 11) is 0.939. The first-order valence-electron chi connectivity index (χ1n) is 5.96. The van der Waals surface area contributed by atoms with Crippen LogP contribution in [-0.2, 0) is 10.0 Å². The Labute approximate surface area is 99.5 Å². The van der Waals surface area contributed by atoms with Crippen molar-refractivity contribution in [3.05, 3.63) is 0 Å². The van der Waals surface area contributed by atoms with Crippen molar-refractivity contribution in [1.82, 2.24) is 9.62 Å². The topological polar surface area (TPSA) is 49.4 Å². The highest BCUT2D eigenvalue weighted by Gasteiger charge is 2.37. The Morgan fingerprint density at radius 2 is 1.75 bits per heavy atom. The number of rotatable bonds is 5. The van der Waals surface area contributed by atoms with Crippen LogP contribution in [0.3, 0.4) is 0 Å². The van der Waals surface area contributed by atoms with E-state index in [0.29, 0.717) is 6.54 Å². The van der Waals surface area contributed by atoms with Crippen LogP contribution in [0, 0.1) is 0 Å². The Balaban J connectivity index is 2.65. The maximum atomic E-state index is 11.7. The number of hydrogen-bond donors (Lipinski definition) is 1. The van der Waals surface area contributed by atoms with Gasteiger partial charge in [0.1, 0.15) is 0 Å². The highest BCUT2D eigenvalue weighted by atomic mass is 32.2. The highest BCUT2D eigenvalue weighted by molar-refractivity contribution is 7.90. The molecule has 0 atom stereocenters. The fraction of sp³-hybridized carbons (Fsp3) is 1.00. The van der Waals surface area contributed by atoms with Crippen LogP contribution in [0.2, 0.25) is 0 Å². The average molecular weight is 248 g/mol. The fourth-order valence-corrected chi connectivity index (χ4v) is 3.02. The molecule has 0 amide bonds. The molecule has 4 nitrogen and oxygen atoms in total. The molecule has 96 valence electrons. The van der Waals surface area contributed by atoms with E-state index in [1.165, 1.54) is 12.8 Å². The second kappa shape index (κ2) is 5.02. The first-order chi connectivity index (χ1) is 7.30. The molecule has 1 N–H and O–H groups in total. The second-order valence-electron chi connectivity index (χ2n) is 5.24. The van der Waals surface area contributed by atoms with Crippen molar-refractivity contribution in [2.75, 3.05) is 20.6 Å². The van der Waals surface area contributed by atoms with Crippen molar-refractivity contribution in [2.45, 2.75) is 50.3 Å². The van der Waals surface area contributed by atoms with Crippen LogP contribution in [0.4, 0.5) is 0 Å². The Kier molecular flexibility index (Phi) is 4.37. The summed E-state index contributed by atoms with van der Waals surface area (Å²) in [6.07, 6.45) is 4.56. The molecule has 1 aliphatic rings. The van der Waals surface area contributed by atoms with E-state index in [4.69, 9.17) is 0 Å². The zero-order chi connectivity index (χ0) is 12.4. The van der Waals surface area contributed by atoms with Crippen LogP contribution in [0.15, 0.2) is 0 Å². The fourth-order valence-electron chi connectivity index (χ4n) is 2.22. The van der Waals surface area contributed by atoms with Gasteiger partial charge in [0.25, 0.3) is 0 Å². The van der Waals surface area contributed by atoms with Crippen LogP contribution in [0.25, 0.3) is 0 Å². The van der Waals surface area contributed by atoms with Gasteiger partial charge in [0.15, 0.2) is 0 Å². The van der Waals surface area contributed by atoms with Crippen molar-refractivity contribution in [3.63, 3.8) is 0 Å². The lowest BCUT2D eigenvalue weighted by Crippen LogP contribution is -2.51. The van der Waals surface area contributed by atoms with Gasteiger partial charge in [-0.2, -0.15) is 0 Å². The van der Waals surface area contributed by atoms with Gasteiger partial charge in [0.05, 0.1) is 5.25 Å². The molecule has 5 heteroatoms. The molecule has 1 saturated carbocycles. The molecule has 0 radical (unpaired) electrons. The molecule has 0 aromatic heterocycles. The first-order valence-corrected chi connectivity index (χ1v) is 7.51. The molecule has 0 spiro atoms. The molecule has 1 aliphatic carbocycles. The lowest BCUT2D eigenvalue weighted by molar-refractivity contribution is 0.161. The molecular weight excluding hydrogens is 224 g/mol. The zero-order valence-corrected chi connectivity index (χ0v) is 11.6. The lowest BCUT2D eigenvalue weighted by atomic mass is 9.97. The molecule has 1 fully saturated rings. The average Bonchev–Trinajstić information content (AvgIpc) is 2.64. The first kappa shape index (κ1) is 13.9. The largest absolute Gasteiger partial charge is 0.302 e. The standard InChI is InChI=1S/C11H24N2O2S/c1-10(2)16(14,15)12-9-11(13(3)4)7-5-6-8-11/h10,12H,5-9H2,1-4H3. The predicted octanol–water partition coefficient (Wildman–Crippen LogP) is 1.19. The maximum absolute atomic E-state index is 11.7. The van der Waals surface area contributed by atoms with Crippen molar-refractivity contribution < 1.29 is 8.42 Å². The summed E-state index contributed by atoms with van der Waals surface area (Å²) in [5.74, 6) is 0. The summed E-state index contributed by atoms with van der Waals surface area (Å²) in [6.45, 7) is 3.96. The summed E-state index contributed by atoms with van der Waals surface area (Å²) < 4.78 is 26.2. The summed E-state index contributed by atoms with van der Waals surface area (Å²) in [4.78, 5) is 2.17. The minimum absolute atomic E-state index is 0.0297. The van der Waals surface area contributed by atoms with Crippen molar-refractivity contribution >= 4 is 10.0 Å². The molecule has 0 unspecified atom stereocenters. The third-order valence-corrected chi connectivity index (χ3v) is 5.49. The van der Waals surface area contributed by atoms with E-state index in [9.17, 15) is 8.42 Å². The normalized spacial score (nSPS) is 20.9. The Morgan fingerprint density at radius 3 is 2.12 bits per heavy atom. The van der Waals surface area contributed by atoms with Gasteiger partial charge in [-0.05, 0) is 40.8 Å². The number of likely N-dealkylation sites (N-methyl/N-ethyl adjacent to an activating group) is 1. The molecule has 0 aliphatic heterocycles. The Bertz CT molecular complexity index is 317. The molecule has 1 rings (SSSR count). The van der Waals surface area contributed by atoms with E-state index in [0.717, 1.165) is 12.8 Å². The van der Waals surface area contributed by atoms with Crippen LogP contribution >= 0.6 is 0 Å². The van der Waals surface area contributed by atoms with E-state index in [1.54, 1.807) is 13.8 Å². The van der Waals surface area contributed by atoms with Gasteiger partial charge in [-0.15, -0.1) is 0 Å². The van der Waals surface area contributed by atoms with Gasteiger partial charge >= 0.3 is 0 Å². The summed E-state index contributed by atoms with van der Waals surface area (Å²) in [5.41, 5.74) is 0.0297. The summed E-state index contributed by atoms with van der Waals surface area (Å²) >= 11 is 0. The predicted molar refractivity (Wildman–Crippen MR) is 66.9 cm³/mol. The summed E-state index contributed by atoms with van der Waals surface area (Å²) in [6, 6.07) is 0. The minimum Gasteiger partial charge on any atom is -0.302 e. The molecular formula is C11H24N2O2S. The van der Waals surface area contributed by atoms with Crippen LogP contribution in [0.5, 0.6) is 0 Å². The lowest BCUT2D eigenvalue weighted by Gasteiger charge is -2.36. The number of sulfonamides is 1. The van der Waals surface area contributed by atoms with Crippen molar-refractivity contribution in [3.8, 4) is 0 Å². The third-order valence-electron chi connectivity index (χ3n) is 3.71. The second-order valence-corrected chi connectivity index (χ2v) is 7.56. The van der Waals surface area contributed by atoms with Gasteiger partial charge in [0, 0.05) is 12.1 Å². The quantitative estimate of drug-likeness (QED) is 0.795. The van der Waals surface area contributed by atoms with Crippen LogP contribution in [-0.4, -0.2) is 44.7 Å². The van der Waals surface area contributed by atoms with Gasteiger partial charge in [-0.25, -0.2) is 13.1 Å². The highest BCUT2D eigenvalue weighted by Crippen LogP contribution is 2.33. The van der Waals surface area contributed by atoms with Crippen molar-refractivity contribution in [2.24, 2.45) is 0 Å². The Morgan fingerprint density at radius 1 is 1.25 bits per heavy atom. The van der Waals surface area contributed by atoms with Crippen LogP contribution < -0.4 is 4.72 Å². The van der Waals surface area contributed by atoms with E-state index in [1.807, 2.05) is 14.1 Å². The van der Waals surface area contributed by atoms with Crippen molar-refractivity contribution in [1.29, 1.82) is 0 Å². The molecule has 0 aromatic carbocycles. The molecule has 0 heterocycles. The maximum Gasteiger partial charge on any atom is 0.213 e. The van der Waals surface area contributed by atoms with E-state index >= 15 is 0 Å². The number of nitrogens with zero attached hydrogens (tertiary/aromatic N) is 1. The number of hydrogen-bond acceptors (Lipinski definition) is 3. The van der Waals surface area contributed by atoms with Gasteiger partial charge in [0.2, 0.25) is 10.0 Å². The number of nitrogens with one attached hydrogen (secondary N) is 1. The molecule has 16 heavy (non-hydrogen) atoms. The molecule has 0 bridgehead atoms. The Hall–Kier alpha value is -0.130. The smallest absolute Gasteiger partial charge is 0.213 e. The minimum atomic E-state index is -3.13. The van der Waals surface area contributed by atoms with Crippen LogP contribution in [0.1, 0.15) is 39.5 Å². The molecule has 0 saturated heterocycles. The van der Waals surface area contributed by atoms with Gasteiger partial charge in [-0.3, -0.25) is 0 Å². The summed E-state index contributed by atoms with van der Waals surface area (Å²) in [5, 5.41) is -0.354. The monoisotopic (exact) mass is 248 g/mol. The van der Waals surface area contributed by atoms with E-state index in [2.05, 4.69) is 9.62 Å². The SMILES string of the molecule is CC(C)S(=O)(=O)NCC1(N(C)C)CCCC1. The van der Waals surface area contributed by atoms with E-state index < -0.39 is 10.0 Å². The zero-order valence-electron chi connectivity index (χ0n) is 10.8. The molecule has 0 aromatic rings. The van der Waals surface area contributed by atoms with E-state index in [-0.39, 0.29) is 10.8 Å².